The summed E-state index contributed by atoms with van der Waals surface area (Å²) in [5, 5.41) is 4.24. The third-order valence-electron chi connectivity index (χ3n) is 5.84. The van der Waals surface area contributed by atoms with Crippen molar-refractivity contribution in [3.63, 3.8) is 0 Å². The molecule has 0 spiro atoms. The molecule has 7 nitrogen and oxygen atoms in total. The Hall–Kier alpha value is -3.19. The number of piperidine rings is 1. The molecule has 1 unspecified atom stereocenters. The molecule has 7 heteroatoms. The molecule has 162 valence electrons. The fourth-order valence-electron chi connectivity index (χ4n) is 3.87. The van der Waals surface area contributed by atoms with Gasteiger partial charge >= 0.3 is 0 Å². The Morgan fingerprint density at radius 2 is 1.74 bits per heavy atom. The summed E-state index contributed by atoms with van der Waals surface area (Å²) in [5.41, 5.74) is 5.44. The van der Waals surface area contributed by atoms with E-state index in [0.29, 0.717) is 11.4 Å². The summed E-state index contributed by atoms with van der Waals surface area (Å²) >= 11 is 0. The first-order chi connectivity index (χ1) is 15.0. The summed E-state index contributed by atoms with van der Waals surface area (Å²) in [6.45, 7) is 7.21. The van der Waals surface area contributed by atoms with Gasteiger partial charge in [0.2, 0.25) is 5.84 Å². The highest BCUT2D eigenvalue weighted by Gasteiger charge is 2.30. The predicted molar refractivity (Wildman–Crippen MR) is 123 cm³/mol. The van der Waals surface area contributed by atoms with Crippen molar-refractivity contribution in [3.05, 3.63) is 60.2 Å². The highest BCUT2D eigenvalue weighted by Crippen LogP contribution is 2.20. The van der Waals surface area contributed by atoms with Gasteiger partial charge in [-0.3, -0.25) is 19.9 Å². The summed E-state index contributed by atoms with van der Waals surface area (Å²) in [6.07, 6.45) is 2.51. The third kappa shape index (κ3) is 5.11. The van der Waals surface area contributed by atoms with Gasteiger partial charge in [-0.1, -0.05) is 37.3 Å². The average Bonchev–Trinajstić information content (AvgIpc) is 2.79. The van der Waals surface area contributed by atoms with Crippen molar-refractivity contribution in [1.82, 2.24) is 10.3 Å². The highest BCUT2D eigenvalue weighted by molar-refractivity contribution is 6.43. The largest absolute Gasteiger partial charge is 0.319 e. The van der Waals surface area contributed by atoms with Crippen LogP contribution in [0.1, 0.15) is 32.3 Å². The second kappa shape index (κ2) is 9.31. The van der Waals surface area contributed by atoms with Crippen molar-refractivity contribution in [2.24, 2.45) is 10.9 Å². The van der Waals surface area contributed by atoms with Crippen molar-refractivity contribution in [2.75, 3.05) is 23.4 Å². The number of para-hydroxylation sites is 1. The zero-order valence-electron chi connectivity index (χ0n) is 18.0. The molecule has 2 amide bonds. The van der Waals surface area contributed by atoms with Gasteiger partial charge < -0.3 is 5.32 Å². The van der Waals surface area contributed by atoms with Gasteiger partial charge in [-0.15, -0.1) is 0 Å². The van der Waals surface area contributed by atoms with Crippen LogP contribution in [0.5, 0.6) is 0 Å². The van der Waals surface area contributed by atoms with Crippen LogP contribution in [-0.2, 0) is 16.1 Å². The maximum atomic E-state index is 12.8. The number of carbonyl (C=O) groups is 2. The normalized spacial score (nSPS) is 20.2. The number of likely N-dealkylation sites (tertiary alicyclic amines) is 1. The van der Waals surface area contributed by atoms with E-state index in [1.54, 1.807) is 19.1 Å². The number of hydrogen-bond acceptors (Lipinski definition) is 5. The van der Waals surface area contributed by atoms with E-state index in [4.69, 9.17) is 0 Å². The number of nitrogens with zero attached hydrogens (tertiary/aromatic N) is 3. The van der Waals surface area contributed by atoms with Crippen LogP contribution < -0.4 is 15.8 Å². The van der Waals surface area contributed by atoms with Gasteiger partial charge in [0.05, 0.1) is 5.69 Å². The predicted octanol–water partition coefficient (Wildman–Crippen LogP) is 3.20. The monoisotopic (exact) mass is 419 g/mol. The maximum absolute atomic E-state index is 12.8. The van der Waals surface area contributed by atoms with E-state index in [-0.39, 0.29) is 17.6 Å². The number of benzene rings is 2. The number of hydrazine groups is 1. The number of anilines is 2. The first-order valence-electron chi connectivity index (χ1n) is 10.9. The van der Waals surface area contributed by atoms with Crippen LogP contribution in [0.15, 0.2) is 59.6 Å². The molecule has 2 N–H and O–H groups in total. The number of nitrogens with one attached hydrogen (secondary N) is 2. The number of carbonyl (C=O) groups excluding carboxylic acids is 2. The van der Waals surface area contributed by atoms with Crippen molar-refractivity contribution < 1.29 is 9.59 Å². The molecule has 0 bridgehead atoms. The minimum Gasteiger partial charge on any atom is -0.319 e. The van der Waals surface area contributed by atoms with Gasteiger partial charge in [-0.25, -0.2) is 10.0 Å². The van der Waals surface area contributed by atoms with E-state index in [9.17, 15) is 9.59 Å². The smallest absolute Gasteiger partial charge is 0.292 e. The Balaban J connectivity index is 1.38. The van der Waals surface area contributed by atoms with Crippen LogP contribution in [0, 0.1) is 5.92 Å². The molecule has 31 heavy (non-hydrogen) atoms. The zero-order valence-corrected chi connectivity index (χ0v) is 18.0. The Morgan fingerprint density at radius 1 is 1.06 bits per heavy atom. The molecule has 4 rings (SSSR count). The molecule has 0 saturated carbocycles. The summed E-state index contributed by atoms with van der Waals surface area (Å²) in [7, 11) is 0. The third-order valence-corrected chi connectivity index (χ3v) is 5.84. The molecular weight excluding hydrogens is 390 g/mol. The molecule has 0 radical (unpaired) electrons. The van der Waals surface area contributed by atoms with Crippen molar-refractivity contribution >= 4 is 29.0 Å². The van der Waals surface area contributed by atoms with Crippen LogP contribution in [0.4, 0.5) is 11.4 Å². The molecule has 0 aliphatic carbocycles. The summed E-state index contributed by atoms with van der Waals surface area (Å²) in [6, 6.07) is 16.4. The van der Waals surface area contributed by atoms with E-state index in [1.807, 2.05) is 42.5 Å². The molecule has 2 aromatic carbocycles. The Kier molecular flexibility index (Phi) is 6.32. The number of aliphatic imine (C=N–C) groups is 1. The lowest BCUT2D eigenvalue weighted by atomic mass is 9.99. The fraction of sp³-hybridized carbons (Fsp3) is 0.375. The average molecular weight is 420 g/mol. The number of hydrogen-bond donors (Lipinski definition) is 2. The number of amidine groups is 1. The topological polar surface area (TPSA) is 77.0 Å². The first kappa shape index (κ1) is 21.1. The van der Waals surface area contributed by atoms with Gasteiger partial charge in [0.15, 0.2) is 0 Å². The van der Waals surface area contributed by atoms with Crippen LogP contribution >= 0.6 is 0 Å². The molecule has 1 saturated heterocycles. The minimum absolute atomic E-state index is 0.113. The van der Waals surface area contributed by atoms with Crippen molar-refractivity contribution in [3.8, 4) is 0 Å². The lowest BCUT2D eigenvalue weighted by Crippen LogP contribution is -2.57. The number of rotatable bonds is 5. The van der Waals surface area contributed by atoms with Crippen LogP contribution in [0.2, 0.25) is 0 Å². The summed E-state index contributed by atoms with van der Waals surface area (Å²) in [5.74, 6) is 0.348. The van der Waals surface area contributed by atoms with Gasteiger partial charge in [-0.2, -0.15) is 0 Å². The standard InChI is InChI=1S/C24H29N5O2/c1-17-12-14-28(15-13-17)16-19-8-10-20(11-9-19)26-23(30)22-25-18(2)24(31)29(27-22)21-6-4-3-5-7-21/h3-11,17-18H,12-16H2,1-2H3,(H,25,27)(H,26,30). The quantitative estimate of drug-likeness (QED) is 0.780. The van der Waals surface area contributed by atoms with Crippen molar-refractivity contribution in [2.45, 2.75) is 39.3 Å². The van der Waals surface area contributed by atoms with E-state index < -0.39 is 6.04 Å². The molecule has 1 fully saturated rings. The van der Waals surface area contributed by atoms with Gasteiger partial charge in [-0.05, 0) is 68.6 Å². The Bertz CT molecular complexity index is 950. The maximum Gasteiger partial charge on any atom is 0.292 e. The van der Waals surface area contributed by atoms with Gasteiger partial charge in [0, 0.05) is 12.2 Å². The molecule has 2 aliphatic heterocycles. The Morgan fingerprint density at radius 3 is 2.42 bits per heavy atom. The van der Waals surface area contributed by atoms with Crippen LogP contribution in [0.25, 0.3) is 0 Å². The zero-order chi connectivity index (χ0) is 21.8. The first-order valence-corrected chi connectivity index (χ1v) is 10.9. The fourth-order valence-corrected chi connectivity index (χ4v) is 3.87. The van der Waals surface area contributed by atoms with Crippen LogP contribution in [0.3, 0.4) is 0 Å². The van der Waals surface area contributed by atoms with E-state index in [1.165, 1.54) is 23.4 Å². The van der Waals surface area contributed by atoms with Crippen molar-refractivity contribution in [1.29, 1.82) is 0 Å². The van der Waals surface area contributed by atoms with Crippen LogP contribution in [-0.4, -0.2) is 41.7 Å². The molecule has 2 heterocycles. The lowest BCUT2D eigenvalue weighted by molar-refractivity contribution is -0.120. The molecule has 2 aromatic rings. The second-order valence-corrected chi connectivity index (χ2v) is 8.38. The SMILES string of the molecule is CC1CCN(Cc2ccc(NC(=O)C3=NC(C)C(=O)N(c4ccccc4)N3)cc2)CC1. The molecule has 1 atom stereocenters. The summed E-state index contributed by atoms with van der Waals surface area (Å²) in [4.78, 5) is 32.0. The lowest BCUT2D eigenvalue weighted by Gasteiger charge is -2.30. The Labute approximate surface area is 183 Å². The highest BCUT2D eigenvalue weighted by atomic mass is 16.2. The molecule has 0 aromatic heterocycles. The molecule has 2 aliphatic rings. The van der Waals surface area contributed by atoms with E-state index >= 15 is 0 Å². The molecular formula is C24H29N5O2. The summed E-state index contributed by atoms with van der Waals surface area (Å²) < 4.78 is 0. The second-order valence-electron chi connectivity index (χ2n) is 8.38. The minimum atomic E-state index is -0.642. The van der Waals surface area contributed by atoms with E-state index in [2.05, 4.69) is 27.6 Å². The van der Waals surface area contributed by atoms with Gasteiger partial charge in [0.25, 0.3) is 11.8 Å². The number of amides is 2. The van der Waals surface area contributed by atoms with E-state index in [0.717, 1.165) is 25.6 Å². The van der Waals surface area contributed by atoms with Gasteiger partial charge in [0.1, 0.15) is 6.04 Å².